The van der Waals surface area contributed by atoms with Crippen molar-refractivity contribution in [3.63, 3.8) is 0 Å². The number of carbonyl (C=O) groups is 1. The molecular formula is C20H31NO3. The van der Waals surface area contributed by atoms with E-state index in [-0.39, 0.29) is 17.6 Å². The van der Waals surface area contributed by atoms with Crippen molar-refractivity contribution in [3.05, 3.63) is 23.8 Å². The number of ether oxygens (including phenoxy) is 2. The zero-order chi connectivity index (χ0) is 17.9. The van der Waals surface area contributed by atoms with Gasteiger partial charge in [-0.1, -0.05) is 32.8 Å². The van der Waals surface area contributed by atoms with Crippen LogP contribution in [-0.2, 0) is 9.53 Å². The van der Waals surface area contributed by atoms with Crippen LogP contribution in [0.15, 0.2) is 18.2 Å². The van der Waals surface area contributed by atoms with Crippen molar-refractivity contribution in [2.75, 3.05) is 19.1 Å². The van der Waals surface area contributed by atoms with Gasteiger partial charge in [0.25, 0.3) is 0 Å². The van der Waals surface area contributed by atoms with Gasteiger partial charge in [0.1, 0.15) is 11.8 Å². The lowest BCUT2D eigenvalue weighted by molar-refractivity contribution is -0.142. The van der Waals surface area contributed by atoms with E-state index in [0.717, 1.165) is 37.1 Å². The molecule has 0 aliphatic carbocycles. The smallest absolute Gasteiger partial charge is 0.328 e. The minimum absolute atomic E-state index is 0.120. The fraction of sp³-hybridized carbons (Fsp3) is 0.650. The largest absolute Gasteiger partial charge is 0.497 e. The van der Waals surface area contributed by atoms with Crippen LogP contribution in [0.25, 0.3) is 0 Å². The van der Waals surface area contributed by atoms with Crippen molar-refractivity contribution in [1.82, 2.24) is 0 Å². The predicted octanol–water partition coefficient (Wildman–Crippen LogP) is 4.52. The number of rotatable bonds is 6. The lowest BCUT2D eigenvalue weighted by Crippen LogP contribution is -2.56. The van der Waals surface area contributed by atoms with E-state index in [0.29, 0.717) is 5.92 Å². The lowest BCUT2D eigenvalue weighted by Gasteiger charge is -2.50. The predicted molar refractivity (Wildman–Crippen MR) is 97.9 cm³/mol. The molecule has 0 N–H and O–H groups in total. The normalized spacial score (nSPS) is 20.2. The Labute approximate surface area is 146 Å². The zero-order valence-corrected chi connectivity index (χ0v) is 15.9. The van der Waals surface area contributed by atoms with Crippen LogP contribution < -0.4 is 9.64 Å². The van der Waals surface area contributed by atoms with Gasteiger partial charge in [-0.2, -0.15) is 0 Å². The number of esters is 1. The van der Waals surface area contributed by atoms with Gasteiger partial charge in [0.15, 0.2) is 0 Å². The Morgan fingerprint density at radius 2 is 2.08 bits per heavy atom. The minimum Gasteiger partial charge on any atom is -0.497 e. The highest BCUT2D eigenvalue weighted by atomic mass is 16.5. The van der Waals surface area contributed by atoms with Crippen LogP contribution in [0.3, 0.4) is 0 Å². The molecule has 0 spiro atoms. The van der Waals surface area contributed by atoms with Gasteiger partial charge in [-0.3, -0.25) is 0 Å². The first-order valence-corrected chi connectivity index (χ1v) is 8.90. The molecular weight excluding hydrogens is 302 g/mol. The van der Waals surface area contributed by atoms with Gasteiger partial charge < -0.3 is 14.4 Å². The summed E-state index contributed by atoms with van der Waals surface area (Å²) >= 11 is 0. The molecule has 0 amide bonds. The number of benzene rings is 1. The number of anilines is 1. The zero-order valence-electron chi connectivity index (χ0n) is 15.9. The summed E-state index contributed by atoms with van der Waals surface area (Å²) in [6, 6.07) is 5.94. The van der Waals surface area contributed by atoms with Crippen molar-refractivity contribution >= 4 is 11.7 Å². The number of hydrogen-bond acceptors (Lipinski definition) is 4. The average molecular weight is 333 g/mol. The third kappa shape index (κ3) is 3.52. The van der Waals surface area contributed by atoms with Crippen molar-refractivity contribution < 1.29 is 14.3 Å². The van der Waals surface area contributed by atoms with Crippen LogP contribution in [0, 0.1) is 0 Å². The summed E-state index contributed by atoms with van der Waals surface area (Å²) in [4.78, 5) is 14.8. The summed E-state index contributed by atoms with van der Waals surface area (Å²) in [6.07, 6.45) is 3.87. The first-order valence-electron chi connectivity index (χ1n) is 8.90. The maximum absolute atomic E-state index is 12.6. The van der Waals surface area contributed by atoms with Gasteiger partial charge >= 0.3 is 5.97 Å². The lowest BCUT2D eigenvalue weighted by atomic mass is 9.78. The Morgan fingerprint density at radius 3 is 2.67 bits per heavy atom. The van der Waals surface area contributed by atoms with Crippen LogP contribution in [0.5, 0.6) is 5.75 Å². The van der Waals surface area contributed by atoms with E-state index in [9.17, 15) is 4.79 Å². The van der Waals surface area contributed by atoms with Gasteiger partial charge in [0.05, 0.1) is 14.2 Å². The van der Waals surface area contributed by atoms with Gasteiger partial charge in [0.2, 0.25) is 0 Å². The molecule has 1 aliphatic heterocycles. The Kier molecular flexibility index (Phi) is 5.79. The number of fused-ring (bicyclic) bond motifs is 1. The monoisotopic (exact) mass is 333 g/mol. The molecule has 1 aliphatic rings. The van der Waals surface area contributed by atoms with E-state index in [1.54, 1.807) is 7.11 Å². The van der Waals surface area contributed by atoms with E-state index in [1.807, 2.05) is 6.07 Å². The molecule has 24 heavy (non-hydrogen) atoms. The molecule has 0 aromatic heterocycles. The molecule has 0 bridgehead atoms. The number of nitrogens with zero attached hydrogens (tertiary/aromatic N) is 1. The van der Waals surface area contributed by atoms with Crippen LogP contribution >= 0.6 is 0 Å². The van der Waals surface area contributed by atoms with Crippen LogP contribution in [0.2, 0.25) is 0 Å². The molecule has 1 aromatic rings. The highest BCUT2D eigenvalue weighted by molar-refractivity contribution is 5.82. The van der Waals surface area contributed by atoms with Crippen molar-refractivity contribution in [1.29, 1.82) is 0 Å². The molecule has 0 fully saturated rings. The molecule has 4 heteroatoms. The third-order valence-electron chi connectivity index (χ3n) is 5.10. The number of carbonyl (C=O) groups excluding carboxylic acids is 1. The third-order valence-corrected chi connectivity index (χ3v) is 5.10. The minimum atomic E-state index is -0.261. The average Bonchev–Trinajstić information content (AvgIpc) is 2.55. The maximum Gasteiger partial charge on any atom is 0.328 e. The molecule has 2 atom stereocenters. The summed E-state index contributed by atoms with van der Waals surface area (Å²) < 4.78 is 10.6. The Bertz CT molecular complexity index is 582. The van der Waals surface area contributed by atoms with Gasteiger partial charge in [-0.15, -0.1) is 0 Å². The topological polar surface area (TPSA) is 38.8 Å². The Morgan fingerprint density at radius 1 is 1.38 bits per heavy atom. The van der Waals surface area contributed by atoms with E-state index >= 15 is 0 Å². The second-order valence-electron chi connectivity index (χ2n) is 7.39. The van der Waals surface area contributed by atoms with Crippen LogP contribution in [0.4, 0.5) is 5.69 Å². The second kappa shape index (κ2) is 7.45. The summed E-state index contributed by atoms with van der Waals surface area (Å²) in [7, 11) is 3.16. The summed E-state index contributed by atoms with van der Waals surface area (Å²) in [5.41, 5.74) is 2.26. The summed E-state index contributed by atoms with van der Waals surface area (Å²) in [5.74, 6) is 1.12. The molecule has 0 saturated heterocycles. The Balaban J connectivity index is 2.55. The van der Waals surface area contributed by atoms with Crippen LogP contribution in [0.1, 0.15) is 64.9 Å². The molecule has 4 nitrogen and oxygen atoms in total. The van der Waals surface area contributed by atoms with Gasteiger partial charge in [-0.25, -0.2) is 4.79 Å². The second-order valence-corrected chi connectivity index (χ2v) is 7.39. The summed E-state index contributed by atoms with van der Waals surface area (Å²) in [5, 5.41) is 0. The van der Waals surface area contributed by atoms with Gasteiger partial charge in [0, 0.05) is 17.3 Å². The molecule has 1 heterocycles. The van der Waals surface area contributed by atoms with E-state index in [2.05, 4.69) is 44.7 Å². The fourth-order valence-corrected chi connectivity index (χ4v) is 4.04. The fourth-order valence-electron chi connectivity index (χ4n) is 4.04. The van der Waals surface area contributed by atoms with Crippen molar-refractivity contribution in [3.8, 4) is 5.75 Å². The first-order chi connectivity index (χ1) is 11.4. The first kappa shape index (κ1) is 18.6. The molecule has 0 saturated carbocycles. The number of hydrogen-bond donors (Lipinski definition) is 0. The van der Waals surface area contributed by atoms with Crippen LogP contribution in [-0.4, -0.2) is 31.8 Å². The molecule has 1 aromatic carbocycles. The van der Waals surface area contributed by atoms with Crippen molar-refractivity contribution in [2.24, 2.45) is 0 Å². The molecule has 2 rings (SSSR count). The molecule has 0 radical (unpaired) electrons. The highest BCUT2D eigenvalue weighted by Crippen LogP contribution is 2.46. The number of methoxy groups -OCH3 is 2. The summed E-state index contributed by atoms with van der Waals surface area (Å²) in [6.45, 7) is 8.83. The maximum atomic E-state index is 12.6. The van der Waals surface area contributed by atoms with E-state index in [4.69, 9.17) is 9.47 Å². The molecule has 2 unspecified atom stereocenters. The Hall–Kier alpha value is -1.71. The van der Waals surface area contributed by atoms with Gasteiger partial charge in [-0.05, 0) is 44.2 Å². The quantitative estimate of drug-likeness (QED) is 0.718. The standard InChI is InChI=1S/C20H31NO3/c1-7-8-9-17(19(22)24-6)21-18-12-15(23-5)10-11-16(18)14(2)13-20(21,3)4/h10-12,14,17H,7-9,13H2,1-6H3. The molecule has 134 valence electrons. The highest BCUT2D eigenvalue weighted by Gasteiger charge is 2.42. The SMILES string of the molecule is CCCCC(C(=O)OC)N1c2cc(OC)ccc2C(C)CC1(C)C. The van der Waals surface area contributed by atoms with Crippen molar-refractivity contribution in [2.45, 2.75) is 70.9 Å². The van der Waals surface area contributed by atoms with E-state index < -0.39 is 0 Å². The van der Waals surface area contributed by atoms with E-state index in [1.165, 1.54) is 12.7 Å². The number of unbranched alkanes of at least 4 members (excludes halogenated alkanes) is 1.